The van der Waals surface area contributed by atoms with E-state index in [0.717, 1.165) is 17.7 Å². The predicted molar refractivity (Wildman–Crippen MR) is 79.0 cm³/mol. The van der Waals surface area contributed by atoms with Crippen LogP contribution in [0.4, 0.5) is 0 Å². The van der Waals surface area contributed by atoms with Crippen LogP contribution in [0.25, 0.3) is 10.4 Å². The Morgan fingerprint density at radius 2 is 2.14 bits per heavy atom. The summed E-state index contributed by atoms with van der Waals surface area (Å²) in [5.74, 6) is 0.372. The molecule has 114 valence electrons. The molecule has 0 amide bonds. The van der Waals surface area contributed by atoms with Gasteiger partial charge < -0.3 is 14.8 Å². The van der Waals surface area contributed by atoms with Gasteiger partial charge in [-0.15, -0.1) is 0 Å². The Hall–Kier alpha value is -2.24. The standard InChI is InChI=1S/C14H20N4O3/c1-3-10-21-12-6-4-11(5-7-12)13(14(19)20-2)16-8-9-17-18-15/h4-7,13,16H,3,8-10H2,1-2H3. The van der Waals surface area contributed by atoms with E-state index < -0.39 is 12.0 Å². The topological polar surface area (TPSA) is 96.3 Å². The van der Waals surface area contributed by atoms with Crippen LogP contribution in [0.15, 0.2) is 29.4 Å². The van der Waals surface area contributed by atoms with Crippen LogP contribution >= 0.6 is 0 Å². The Balaban J connectivity index is 2.72. The van der Waals surface area contributed by atoms with Crippen LogP contribution < -0.4 is 10.1 Å². The molecule has 1 atom stereocenters. The molecule has 1 aromatic carbocycles. The second kappa shape index (κ2) is 9.63. The van der Waals surface area contributed by atoms with E-state index in [1.807, 2.05) is 31.2 Å². The number of ether oxygens (including phenoxy) is 2. The van der Waals surface area contributed by atoms with E-state index in [2.05, 4.69) is 15.3 Å². The van der Waals surface area contributed by atoms with Crippen molar-refractivity contribution in [3.63, 3.8) is 0 Å². The second-order valence-electron chi connectivity index (χ2n) is 4.28. The number of nitrogens with zero attached hydrogens (tertiary/aromatic N) is 3. The van der Waals surface area contributed by atoms with Crippen LogP contribution in [0.1, 0.15) is 24.9 Å². The molecule has 0 saturated heterocycles. The summed E-state index contributed by atoms with van der Waals surface area (Å²) in [7, 11) is 1.34. The summed E-state index contributed by atoms with van der Waals surface area (Å²) in [5, 5.41) is 6.42. The number of nitrogens with one attached hydrogen (secondary N) is 1. The van der Waals surface area contributed by atoms with E-state index in [1.165, 1.54) is 7.11 Å². The first-order valence-corrected chi connectivity index (χ1v) is 6.77. The monoisotopic (exact) mass is 292 g/mol. The van der Waals surface area contributed by atoms with Gasteiger partial charge in [-0.1, -0.05) is 24.2 Å². The third-order valence-electron chi connectivity index (χ3n) is 2.75. The summed E-state index contributed by atoms with van der Waals surface area (Å²) in [6.07, 6.45) is 0.938. The highest BCUT2D eigenvalue weighted by Crippen LogP contribution is 2.19. The van der Waals surface area contributed by atoms with Crippen molar-refractivity contribution in [3.8, 4) is 5.75 Å². The lowest BCUT2D eigenvalue weighted by Gasteiger charge is -2.16. The number of carbonyl (C=O) groups is 1. The van der Waals surface area contributed by atoms with Crippen LogP contribution in [0.5, 0.6) is 5.75 Å². The maximum atomic E-state index is 11.8. The molecule has 7 heteroatoms. The first kappa shape index (κ1) is 16.8. The molecule has 1 N–H and O–H groups in total. The lowest BCUT2D eigenvalue weighted by molar-refractivity contribution is -0.143. The minimum absolute atomic E-state index is 0.266. The molecule has 7 nitrogen and oxygen atoms in total. The van der Waals surface area contributed by atoms with Crippen molar-refractivity contribution in [2.24, 2.45) is 5.11 Å². The van der Waals surface area contributed by atoms with E-state index in [0.29, 0.717) is 13.2 Å². The highest BCUT2D eigenvalue weighted by Gasteiger charge is 2.20. The van der Waals surface area contributed by atoms with Gasteiger partial charge in [0.2, 0.25) is 0 Å². The predicted octanol–water partition coefficient (Wildman–Crippen LogP) is 2.59. The fourth-order valence-electron chi connectivity index (χ4n) is 1.74. The molecular formula is C14H20N4O3. The third-order valence-corrected chi connectivity index (χ3v) is 2.75. The molecule has 0 aliphatic rings. The number of carbonyl (C=O) groups excluding carboxylic acids is 1. The summed E-state index contributed by atoms with van der Waals surface area (Å²) in [5.41, 5.74) is 9.00. The maximum absolute atomic E-state index is 11.8. The van der Waals surface area contributed by atoms with E-state index >= 15 is 0 Å². The number of hydrogen-bond acceptors (Lipinski definition) is 5. The lowest BCUT2D eigenvalue weighted by atomic mass is 10.1. The first-order valence-electron chi connectivity index (χ1n) is 6.77. The van der Waals surface area contributed by atoms with Gasteiger partial charge in [0.15, 0.2) is 0 Å². The van der Waals surface area contributed by atoms with Gasteiger partial charge in [-0.25, -0.2) is 4.79 Å². The highest BCUT2D eigenvalue weighted by atomic mass is 16.5. The lowest BCUT2D eigenvalue weighted by Crippen LogP contribution is -2.31. The summed E-state index contributed by atoms with van der Waals surface area (Å²) in [6.45, 7) is 3.35. The average Bonchev–Trinajstić information content (AvgIpc) is 2.53. The number of methoxy groups -OCH3 is 1. The summed E-state index contributed by atoms with van der Waals surface area (Å²) in [6, 6.07) is 6.66. The minimum Gasteiger partial charge on any atom is -0.494 e. The number of benzene rings is 1. The van der Waals surface area contributed by atoms with Gasteiger partial charge in [-0.3, -0.25) is 0 Å². The van der Waals surface area contributed by atoms with E-state index in [-0.39, 0.29) is 6.54 Å². The van der Waals surface area contributed by atoms with Crippen molar-refractivity contribution in [3.05, 3.63) is 40.3 Å². The molecule has 0 radical (unpaired) electrons. The molecule has 0 aromatic heterocycles. The van der Waals surface area contributed by atoms with E-state index in [4.69, 9.17) is 15.0 Å². The number of rotatable bonds is 9. The minimum atomic E-state index is -0.593. The van der Waals surface area contributed by atoms with Crippen LogP contribution in [0.3, 0.4) is 0 Å². The quantitative estimate of drug-likeness (QED) is 0.249. The van der Waals surface area contributed by atoms with Gasteiger partial charge in [0.25, 0.3) is 0 Å². The number of esters is 1. The smallest absolute Gasteiger partial charge is 0.327 e. The molecule has 1 unspecified atom stereocenters. The number of hydrogen-bond donors (Lipinski definition) is 1. The van der Waals surface area contributed by atoms with Gasteiger partial charge >= 0.3 is 5.97 Å². The molecule has 1 aromatic rings. The van der Waals surface area contributed by atoms with Crippen molar-refractivity contribution < 1.29 is 14.3 Å². The van der Waals surface area contributed by atoms with E-state index in [9.17, 15) is 4.79 Å². The Kier molecular flexibility index (Phi) is 7.71. The summed E-state index contributed by atoms with van der Waals surface area (Å²) < 4.78 is 10.3. The van der Waals surface area contributed by atoms with Gasteiger partial charge in [0, 0.05) is 18.0 Å². The zero-order valence-electron chi connectivity index (χ0n) is 12.3. The first-order chi connectivity index (χ1) is 10.2. The Labute approximate surface area is 123 Å². The Morgan fingerprint density at radius 1 is 1.43 bits per heavy atom. The van der Waals surface area contributed by atoms with Crippen molar-refractivity contribution in [2.45, 2.75) is 19.4 Å². The van der Waals surface area contributed by atoms with Crippen LogP contribution in [0, 0.1) is 0 Å². The van der Waals surface area contributed by atoms with E-state index in [1.54, 1.807) is 0 Å². The maximum Gasteiger partial charge on any atom is 0.327 e. The molecule has 0 aliphatic heterocycles. The molecule has 1 rings (SSSR count). The normalized spacial score (nSPS) is 11.3. The summed E-state index contributed by atoms with van der Waals surface area (Å²) in [4.78, 5) is 14.5. The summed E-state index contributed by atoms with van der Waals surface area (Å²) >= 11 is 0. The average molecular weight is 292 g/mol. The molecule has 0 fully saturated rings. The Morgan fingerprint density at radius 3 is 2.71 bits per heavy atom. The molecule has 0 saturated carbocycles. The van der Waals surface area contributed by atoms with Crippen molar-refractivity contribution in [1.29, 1.82) is 0 Å². The molecule has 0 bridgehead atoms. The largest absolute Gasteiger partial charge is 0.494 e. The van der Waals surface area contributed by atoms with Crippen molar-refractivity contribution in [1.82, 2.24) is 5.32 Å². The number of azide groups is 1. The van der Waals surface area contributed by atoms with Crippen molar-refractivity contribution >= 4 is 5.97 Å². The van der Waals surface area contributed by atoms with Crippen LogP contribution in [-0.2, 0) is 9.53 Å². The molecule has 21 heavy (non-hydrogen) atoms. The van der Waals surface area contributed by atoms with Gasteiger partial charge in [-0.05, 0) is 29.6 Å². The van der Waals surface area contributed by atoms with Crippen LogP contribution in [-0.4, -0.2) is 32.8 Å². The van der Waals surface area contributed by atoms with Gasteiger partial charge in [0.1, 0.15) is 11.8 Å². The second-order valence-corrected chi connectivity index (χ2v) is 4.28. The van der Waals surface area contributed by atoms with Crippen LogP contribution in [0.2, 0.25) is 0 Å². The molecular weight excluding hydrogens is 272 g/mol. The highest BCUT2D eigenvalue weighted by molar-refractivity contribution is 5.77. The molecule has 0 spiro atoms. The van der Waals surface area contributed by atoms with Gasteiger partial charge in [0.05, 0.1) is 13.7 Å². The third kappa shape index (κ3) is 5.72. The molecule has 0 heterocycles. The fraction of sp³-hybridized carbons (Fsp3) is 0.500. The van der Waals surface area contributed by atoms with Gasteiger partial charge in [-0.2, -0.15) is 0 Å². The zero-order chi connectivity index (χ0) is 15.5. The zero-order valence-corrected chi connectivity index (χ0v) is 12.3. The molecule has 0 aliphatic carbocycles. The SMILES string of the molecule is CCCOc1ccc(C(NCCN=[N+]=[N-])C(=O)OC)cc1. The van der Waals surface area contributed by atoms with Crippen molar-refractivity contribution in [2.75, 3.05) is 26.8 Å². The fourth-order valence-corrected chi connectivity index (χ4v) is 1.74. The Bertz CT molecular complexity index is 483.